The van der Waals surface area contributed by atoms with Gasteiger partial charge in [0.15, 0.2) is 12.8 Å². The van der Waals surface area contributed by atoms with Gasteiger partial charge in [-0.2, -0.15) is 0 Å². The molecule has 3 N–H and O–H groups in total. The molecular weight excluding hydrogens is 437 g/mol. The van der Waals surface area contributed by atoms with Crippen molar-refractivity contribution < 1.29 is 23.8 Å². The number of hydrogen-bond acceptors (Lipinski definition) is 5. The summed E-state index contributed by atoms with van der Waals surface area (Å²) in [6.45, 7) is -0.0341. The molecule has 1 heterocycles. The average Bonchev–Trinajstić information content (AvgIpc) is 2.78. The second-order valence-electron chi connectivity index (χ2n) is 7.10. The fourth-order valence-corrected chi connectivity index (χ4v) is 3.64. The number of nitrogens with one attached hydrogen (secondary N) is 2. The number of anilines is 3. The fourth-order valence-electron chi connectivity index (χ4n) is 3.44. The zero-order valence-corrected chi connectivity index (χ0v) is 17.7. The molecule has 1 aliphatic heterocycles. The first-order valence-corrected chi connectivity index (χ1v) is 10.1. The number of fused-ring (bicyclic) bond motifs is 1. The summed E-state index contributed by atoms with van der Waals surface area (Å²) in [5.41, 5.74) is 1.94. The van der Waals surface area contributed by atoms with E-state index >= 15 is 0 Å². The Balaban J connectivity index is 1.54. The van der Waals surface area contributed by atoms with Gasteiger partial charge in [-0.05, 0) is 48.0 Å². The molecule has 0 saturated heterocycles. The maximum Gasteiger partial charge on any atom is 0.330 e. The van der Waals surface area contributed by atoms with Gasteiger partial charge in [0.25, 0.3) is 5.91 Å². The molecule has 0 radical (unpaired) electrons. The van der Waals surface area contributed by atoms with Crippen LogP contribution in [0.2, 0.25) is 5.02 Å². The summed E-state index contributed by atoms with van der Waals surface area (Å²) in [5, 5.41) is 15.7. The number of ether oxygens (including phenoxy) is 1. The number of rotatable bonds is 6. The standard InChI is InChI=1S/C23H19ClFN3O4/c1-26-19-11-20-17(10-18(19)25)22(29)28(12-32-20)16-7-5-15(6-8-16)27-21(23(30)31)13-3-2-4-14(24)9-13/h2-11,21,26-27H,12H2,1H3,(H,30,31). The molecular formula is C23H19ClFN3O4. The van der Waals surface area contributed by atoms with Gasteiger partial charge in [-0.1, -0.05) is 23.7 Å². The Labute approximate surface area is 188 Å². The Morgan fingerprint density at radius 2 is 1.94 bits per heavy atom. The van der Waals surface area contributed by atoms with Crippen molar-refractivity contribution in [2.75, 3.05) is 29.3 Å². The van der Waals surface area contributed by atoms with Crippen molar-refractivity contribution in [3.8, 4) is 5.75 Å². The molecule has 164 valence electrons. The average molecular weight is 456 g/mol. The maximum absolute atomic E-state index is 14.1. The fraction of sp³-hybridized carbons (Fsp3) is 0.130. The monoisotopic (exact) mass is 455 g/mol. The van der Waals surface area contributed by atoms with Crippen molar-refractivity contribution in [1.82, 2.24) is 0 Å². The van der Waals surface area contributed by atoms with Crippen LogP contribution in [0.5, 0.6) is 5.75 Å². The lowest BCUT2D eigenvalue weighted by atomic mass is 10.1. The minimum Gasteiger partial charge on any atom is -0.479 e. The van der Waals surface area contributed by atoms with Gasteiger partial charge in [0.1, 0.15) is 11.6 Å². The predicted molar refractivity (Wildman–Crippen MR) is 120 cm³/mol. The van der Waals surface area contributed by atoms with Crippen LogP contribution in [-0.2, 0) is 4.79 Å². The molecule has 0 aliphatic carbocycles. The number of nitrogens with zero attached hydrogens (tertiary/aromatic N) is 1. The molecule has 0 saturated carbocycles. The number of carbonyl (C=O) groups is 2. The van der Waals surface area contributed by atoms with E-state index in [2.05, 4.69) is 10.6 Å². The van der Waals surface area contributed by atoms with Crippen LogP contribution in [-0.4, -0.2) is 30.8 Å². The van der Waals surface area contributed by atoms with Crippen LogP contribution in [0.4, 0.5) is 21.5 Å². The first-order valence-electron chi connectivity index (χ1n) is 9.68. The van der Waals surface area contributed by atoms with Crippen molar-refractivity contribution in [2.45, 2.75) is 6.04 Å². The Kier molecular flexibility index (Phi) is 5.87. The smallest absolute Gasteiger partial charge is 0.330 e. The summed E-state index contributed by atoms with van der Waals surface area (Å²) in [4.78, 5) is 26.0. The highest BCUT2D eigenvalue weighted by Crippen LogP contribution is 2.33. The van der Waals surface area contributed by atoms with E-state index in [0.29, 0.717) is 27.7 Å². The molecule has 1 aliphatic rings. The molecule has 3 aromatic carbocycles. The maximum atomic E-state index is 14.1. The van der Waals surface area contributed by atoms with Crippen LogP contribution in [0.1, 0.15) is 22.0 Å². The SMILES string of the molecule is CNc1cc2c(cc1F)C(=O)N(c1ccc(NC(C(=O)O)c3cccc(Cl)c3)cc1)CO2. The van der Waals surface area contributed by atoms with Gasteiger partial charge in [-0.3, -0.25) is 9.69 Å². The molecule has 0 aromatic heterocycles. The number of benzene rings is 3. The van der Waals surface area contributed by atoms with Crippen LogP contribution in [0.15, 0.2) is 60.7 Å². The van der Waals surface area contributed by atoms with E-state index in [0.717, 1.165) is 6.07 Å². The summed E-state index contributed by atoms with van der Waals surface area (Å²) >= 11 is 5.98. The van der Waals surface area contributed by atoms with Gasteiger partial charge >= 0.3 is 5.97 Å². The lowest BCUT2D eigenvalue weighted by molar-refractivity contribution is -0.138. The third-order valence-electron chi connectivity index (χ3n) is 5.08. The van der Waals surface area contributed by atoms with E-state index in [4.69, 9.17) is 16.3 Å². The highest BCUT2D eigenvalue weighted by Gasteiger charge is 2.28. The van der Waals surface area contributed by atoms with E-state index < -0.39 is 23.7 Å². The summed E-state index contributed by atoms with van der Waals surface area (Å²) in [5.74, 6) is -1.70. The van der Waals surface area contributed by atoms with E-state index in [1.807, 2.05) is 0 Å². The van der Waals surface area contributed by atoms with E-state index in [1.165, 1.54) is 11.0 Å². The number of hydrogen-bond donors (Lipinski definition) is 3. The van der Waals surface area contributed by atoms with Crippen LogP contribution < -0.4 is 20.3 Å². The lowest BCUT2D eigenvalue weighted by Gasteiger charge is -2.29. The number of aliphatic carboxylic acids is 1. The van der Waals surface area contributed by atoms with Crippen LogP contribution >= 0.6 is 11.6 Å². The van der Waals surface area contributed by atoms with Gasteiger partial charge in [-0.15, -0.1) is 0 Å². The lowest BCUT2D eigenvalue weighted by Crippen LogP contribution is -2.38. The molecule has 9 heteroatoms. The Hall–Kier alpha value is -3.78. The summed E-state index contributed by atoms with van der Waals surface area (Å²) in [7, 11) is 1.58. The number of halogens is 2. The van der Waals surface area contributed by atoms with Crippen LogP contribution in [0.25, 0.3) is 0 Å². The number of carboxylic acid groups (broad SMARTS) is 1. The molecule has 7 nitrogen and oxygen atoms in total. The van der Waals surface area contributed by atoms with Gasteiger partial charge in [0.2, 0.25) is 0 Å². The Bertz CT molecular complexity index is 1190. The number of carbonyl (C=O) groups excluding carboxylic acids is 1. The third-order valence-corrected chi connectivity index (χ3v) is 5.32. The highest BCUT2D eigenvalue weighted by atomic mass is 35.5. The summed E-state index contributed by atoms with van der Waals surface area (Å²) in [6.07, 6.45) is 0. The summed E-state index contributed by atoms with van der Waals surface area (Å²) < 4.78 is 19.8. The van der Waals surface area contributed by atoms with Crippen molar-refractivity contribution in [3.05, 3.63) is 82.6 Å². The van der Waals surface area contributed by atoms with Crippen molar-refractivity contribution >= 4 is 40.5 Å². The van der Waals surface area contributed by atoms with E-state index in [1.54, 1.807) is 55.6 Å². The van der Waals surface area contributed by atoms with Crippen molar-refractivity contribution in [3.63, 3.8) is 0 Å². The third kappa shape index (κ3) is 4.17. The molecule has 4 rings (SSSR count). The first-order chi connectivity index (χ1) is 15.4. The molecule has 3 aromatic rings. The highest BCUT2D eigenvalue weighted by molar-refractivity contribution is 6.30. The first kappa shape index (κ1) is 21.5. The second-order valence-corrected chi connectivity index (χ2v) is 7.54. The van der Waals surface area contributed by atoms with Gasteiger partial charge in [-0.25, -0.2) is 9.18 Å². The molecule has 0 spiro atoms. The molecule has 0 bridgehead atoms. The predicted octanol–water partition coefficient (Wildman–Crippen LogP) is 4.76. The minimum atomic E-state index is -1.06. The number of carboxylic acids is 1. The largest absolute Gasteiger partial charge is 0.479 e. The summed E-state index contributed by atoms with van der Waals surface area (Å²) in [6, 6.07) is 14.8. The van der Waals surface area contributed by atoms with Crippen LogP contribution in [0.3, 0.4) is 0 Å². The van der Waals surface area contributed by atoms with Crippen molar-refractivity contribution in [1.29, 1.82) is 0 Å². The Morgan fingerprint density at radius 3 is 2.59 bits per heavy atom. The van der Waals surface area contributed by atoms with Crippen LogP contribution in [0, 0.1) is 5.82 Å². The second kappa shape index (κ2) is 8.76. The quantitative estimate of drug-likeness (QED) is 0.496. The zero-order chi connectivity index (χ0) is 22.8. The van der Waals surface area contributed by atoms with E-state index in [-0.39, 0.29) is 18.0 Å². The Morgan fingerprint density at radius 1 is 1.19 bits per heavy atom. The normalized spacial score (nSPS) is 13.7. The molecule has 1 amide bonds. The van der Waals surface area contributed by atoms with Gasteiger partial charge < -0.3 is 20.5 Å². The minimum absolute atomic E-state index is 0.0341. The molecule has 32 heavy (non-hydrogen) atoms. The number of amides is 1. The molecule has 1 unspecified atom stereocenters. The topological polar surface area (TPSA) is 90.9 Å². The molecule has 1 atom stereocenters. The van der Waals surface area contributed by atoms with E-state index in [9.17, 15) is 19.1 Å². The molecule has 0 fully saturated rings. The van der Waals surface area contributed by atoms with Crippen molar-refractivity contribution in [2.24, 2.45) is 0 Å². The van der Waals surface area contributed by atoms with Gasteiger partial charge in [0.05, 0.1) is 11.3 Å². The zero-order valence-electron chi connectivity index (χ0n) is 16.9. The van der Waals surface area contributed by atoms with Gasteiger partial charge in [0, 0.05) is 29.5 Å².